The number of nitrogens with zero attached hydrogens (tertiary/aromatic N) is 3. The van der Waals surface area contributed by atoms with Crippen molar-refractivity contribution < 1.29 is 37.6 Å². The van der Waals surface area contributed by atoms with Crippen molar-refractivity contribution in [1.82, 2.24) is 10.6 Å². The molecule has 0 bridgehead atoms. The van der Waals surface area contributed by atoms with Gasteiger partial charge >= 0.3 is 18.0 Å². The van der Waals surface area contributed by atoms with Crippen LogP contribution in [0, 0.1) is 0 Å². The van der Waals surface area contributed by atoms with Crippen LogP contribution in [0.5, 0.6) is 0 Å². The fraction of sp³-hybridized carbons (Fsp3) is 0.569. The molecule has 2 N–H and O–H groups in total. The molecule has 0 unspecified atom stereocenters. The number of amides is 1. The van der Waals surface area contributed by atoms with Gasteiger partial charge in [0.15, 0.2) is 37.9 Å². The summed E-state index contributed by atoms with van der Waals surface area (Å²) >= 11 is 0. The van der Waals surface area contributed by atoms with Crippen molar-refractivity contribution in [1.29, 1.82) is 0 Å². The van der Waals surface area contributed by atoms with Gasteiger partial charge in [0.05, 0.1) is 54.4 Å². The number of hydrogen-bond donors (Lipinski definition) is 2. The number of pyridine rings is 3. The van der Waals surface area contributed by atoms with Crippen molar-refractivity contribution in [2.45, 2.75) is 168 Å². The zero-order valence-corrected chi connectivity index (χ0v) is 37.7. The molecule has 4 heterocycles. The van der Waals surface area contributed by atoms with Gasteiger partial charge in [0, 0.05) is 29.8 Å². The number of dihydropyridines is 1. The van der Waals surface area contributed by atoms with E-state index < -0.39 is 17.9 Å². The largest absolute Gasteiger partial charge is 0.495 e. The highest BCUT2D eigenvalue weighted by atomic mass is 16.5. The molecule has 1 amide bonds. The minimum absolute atomic E-state index is 0.278. The van der Waals surface area contributed by atoms with Gasteiger partial charge < -0.3 is 14.8 Å². The second-order valence-electron chi connectivity index (χ2n) is 16.5. The first-order valence-corrected chi connectivity index (χ1v) is 23.7. The Bertz CT molecular complexity index is 1700. The van der Waals surface area contributed by atoms with Gasteiger partial charge in [-0.05, 0) is 25.8 Å². The van der Waals surface area contributed by atoms with Crippen LogP contribution in [0.2, 0.25) is 0 Å². The maximum absolute atomic E-state index is 14.7. The lowest BCUT2D eigenvalue weighted by atomic mass is 9.80. The Balaban J connectivity index is 1.64. The molecule has 0 radical (unpaired) electrons. The lowest BCUT2D eigenvalue weighted by Crippen LogP contribution is -2.50. The van der Waals surface area contributed by atoms with Gasteiger partial charge in [-0.15, -0.1) is 0 Å². The highest BCUT2D eigenvalue weighted by molar-refractivity contribution is 6.00. The summed E-state index contributed by atoms with van der Waals surface area (Å²) < 4.78 is 17.7. The van der Waals surface area contributed by atoms with E-state index in [0.717, 1.165) is 38.5 Å². The van der Waals surface area contributed by atoms with Crippen LogP contribution in [0.15, 0.2) is 108 Å². The molecule has 10 heteroatoms. The molecule has 0 saturated carbocycles. The number of carbonyl (C=O) groups is 3. The van der Waals surface area contributed by atoms with E-state index in [2.05, 4.69) is 24.5 Å². The minimum atomic E-state index is -0.873. The second kappa shape index (κ2) is 29.4. The highest BCUT2D eigenvalue weighted by Gasteiger charge is 2.42. The molecular weight excluding hydrogens is 763 g/mol. The lowest BCUT2D eigenvalue weighted by Gasteiger charge is -2.30. The van der Waals surface area contributed by atoms with Gasteiger partial charge in [0.1, 0.15) is 6.20 Å². The zero-order chi connectivity index (χ0) is 43.3. The van der Waals surface area contributed by atoms with Crippen molar-refractivity contribution in [3.05, 3.63) is 114 Å². The van der Waals surface area contributed by atoms with Crippen LogP contribution in [-0.2, 0) is 32.2 Å². The van der Waals surface area contributed by atoms with Crippen LogP contribution >= 0.6 is 0 Å². The topological polar surface area (TPSA) is 105 Å². The van der Waals surface area contributed by atoms with E-state index in [1.165, 1.54) is 94.5 Å². The second-order valence-corrected chi connectivity index (χ2v) is 16.5. The number of aromatic nitrogens is 3. The van der Waals surface area contributed by atoms with Crippen LogP contribution < -0.4 is 24.3 Å². The third-order valence-corrected chi connectivity index (χ3v) is 11.4. The molecule has 1 aliphatic rings. The molecule has 0 atom stereocenters. The molecular formula is C51H76N5O5+3. The number of nitrogens with one attached hydrogen (secondary N) is 2. The van der Waals surface area contributed by atoms with Gasteiger partial charge in [-0.1, -0.05) is 148 Å². The third kappa shape index (κ3) is 17.6. The van der Waals surface area contributed by atoms with Crippen LogP contribution in [0.25, 0.3) is 0 Å². The fourth-order valence-electron chi connectivity index (χ4n) is 8.02. The molecule has 61 heavy (non-hydrogen) atoms. The molecule has 10 nitrogen and oxygen atoms in total. The predicted molar refractivity (Wildman–Crippen MR) is 240 cm³/mol. The molecule has 3 aromatic heterocycles. The van der Waals surface area contributed by atoms with Crippen molar-refractivity contribution in [3.63, 3.8) is 0 Å². The fourth-order valence-corrected chi connectivity index (χ4v) is 8.02. The van der Waals surface area contributed by atoms with Crippen molar-refractivity contribution in [2.75, 3.05) is 19.8 Å². The van der Waals surface area contributed by atoms with E-state index >= 15 is 0 Å². The first-order valence-electron chi connectivity index (χ1n) is 23.7. The summed E-state index contributed by atoms with van der Waals surface area (Å²) in [5.41, 5.74) is 2.54. The van der Waals surface area contributed by atoms with Crippen LogP contribution in [0.4, 0.5) is 4.79 Å². The Morgan fingerprint density at radius 2 is 0.951 bits per heavy atom. The summed E-state index contributed by atoms with van der Waals surface area (Å²) in [6, 6.07) is 15.0. The lowest BCUT2D eigenvalue weighted by molar-refractivity contribution is -0.692. The van der Waals surface area contributed by atoms with Gasteiger partial charge in [-0.2, -0.15) is 18.5 Å². The summed E-state index contributed by atoms with van der Waals surface area (Å²) in [6.45, 7) is 8.02. The number of allylic oxidation sites excluding steroid dienone is 2. The minimum Gasteiger partial charge on any atom is -0.462 e. The Hall–Kier alpha value is -4.86. The molecule has 0 fully saturated rings. The van der Waals surface area contributed by atoms with Gasteiger partial charge in [0.2, 0.25) is 0 Å². The normalized spacial score (nSPS) is 13.0. The van der Waals surface area contributed by atoms with E-state index in [1.54, 1.807) is 18.5 Å². The maximum atomic E-state index is 14.7. The monoisotopic (exact) mass is 839 g/mol. The number of hydrogen-bond acceptors (Lipinski definition) is 6. The summed E-state index contributed by atoms with van der Waals surface area (Å²) in [5, 5.41) is 6.45. The Kier molecular flexibility index (Phi) is 23.5. The average Bonchev–Trinajstić information content (AvgIpc) is 3.28. The predicted octanol–water partition coefficient (Wildman–Crippen LogP) is 9.65. The number of carbonyl (C=O) groups excluding carboxylic acids is 3. The highest BCUT2D eigenvalue weighted by Crippen LogP contribution is 2.39. The van der Waals surface area contributed by atoms with E-state index in [-0.39, 0.29) is 19.2 Å². The molecule has 332 valence electrons. The molecule has 3 aromatic rings. The van der Waals surface area contributed by atoms with E-state index in [1.807, 2.05) is 83.3 Å². The summed E-state index contributed by atoms with van der Waals surface area (Å²) in [5.74, 6) is -1.85. The number of ether oxygens (including phenoxy) is 2. The molecule has 0 aliphatic carbocycles. The Morgan fingerprint density at radius 1 is 0.541 bits per heavy atom. The molecule has 0 spiro atoms. The average molecular weight is 839 g/mol. The SMILES string of the molecule is CCCCCCCCCCCCOC(=O)C1=C(C[n+]2ccccc2)NC(C[n+]2ccccc2)=C(C(=O)OCCCCCCCCCCCC)C1c1ccc[n+](C(=O)NCC)c1. The van der Waals surface area contributed by atoms with Crippen LogP contribution in [0.3, 0.4) is 0 Å². The van der Waals surface area contributed by atoms with Crippen molar-refractivity contribution in [2.24, 2.45) is 0 Å². The smallest absolute Gasteiger partial charge is 0.462 e. The summed E-state index contributed by atoms with van der Waals surface area (Å²) in [4.78, 5) is 42.5. The number of rotatable bonds is 30. The molecule has 0 saturated heterocycles. The first-order chi connectivity index (χ1) is 30.0. The van der Waals surface area contributed by atoms with Crippen molar-refractivity contribution in [3.8, 4) is 0 Å². The third-order valence-electron chi connectivity index (χ3n) is 11.4. The first kappa shape index (κ1) is 48.8. The Morgan fingerprint density at radius 3 is 1.36 bits per heavy atom. The van der Waals surface area contributed by atoms with Gasteiger partial charge in [-0.25, -0.2) is 14.9 Å². The van der Waals surface area contributed by atoms with Crippen LogP contribution in [-0.4, -0.2) is 37.7 Å². The number of esters is 2. The van der Waals surface area contributed by atoms with E-state index in [0.29, 0.717) is 47.7 Å². The van der Waals surface area contributed by atoms with E-state index in [9.17, 15) is 14.4 Å². The standard InChI is InChI=1S/C51H74N5O5/c1-4-7-9-11-13-15-17-19-21-29-38-60-49(57)47-44(41-54-33-25-23-26-34-54)53-45(42-55-35-27-24-28-36-55)48(46(47)43-32-31-37-56(40-43)51(59)52-6-3)50(58)61-39-30-22-20-18-16-14-12-10-8-5-2/h23-28,31-37,40,46H,4-22,29-30,38-39,41-42H2,1-3H3/q+1/p+2. The quantitative estimate of drug-likeness (QED) is 0.0394. The van der Waals surface area contributed by atoms with E-state index in [4.69, 9.17) is 9.47 Å². The molecule has 4 rings (SSSR count). The van der Waals surface area contributed by atoms with Gasteiger partial charge in [-0.3, -0.25) is 0 Å². The van der Waals surface area contributed by atoms with Gasteiger partial charge in [0.25, 0.3) is 0 Å². The molecule has 0 aromatic carbocycles. The number of unbranched alkanes of at least 4 members (excludes halogenated alkanes) is 18. The maximum Gasteiger partial charge on any atom is 0.495 e. The van der Waals surface area contributed by atoms with Crippen molar-refractivity contribution >= 4 is 18.0 Å². The zero-order valence-electron chi connectivity index (χ0n) is 37.7. The molecule has 1 aliphatic heterocycles. The van der Waals surface area contributed by atoms with Crippen LogP contribution in [0.1, 0.15) is 161 Å². The summed E-state index contributed by atoms with van der Waals surface area (Å²) in [7, 11) is 0. The Labute approximate surface area is 366 Å². The summed E-state index contributed by atoms with van der Waals surface area (Å²) in [6.07, 6.45) is 34.7.